The van der Waals surface area contributed by atoms with Crippen molar-refractivity contribution < 1.29 is 4.79 Å². The molecule has 1 aliphatic carbocycles. The van der Waals surface area contributed by atoms with Crippen molar-refractivity contribution in [2.75, 3.05) is 6.54 Å². The molecule has 0 radical (unpaired) electrons. The highest BCUT2D eigenvalue weighted by Crippen LogP contribution is 2.29. The minimum Gasteiger partial charge on any atom is -0.348 e. The quantitative estimate of drug-likeness (QED) is 0.664. The number of aromatic nitrogens is 2. The molecule has 0 saturated carbocycles. The molecule has 3 aromatic rings. The van der Waals surface area contributed by atoms with Gasteiger partial charge >= 0.3 is 0 Å². The van der Waals surface area contributed by atoms with Gasteiger partial charge in [-0.05, 0) is 42.5 Å². The van der Waals surface area contributed by atoms with Crippen LogP contribution in [-0.2, 0) is 17.6 Å². The van der Waals surface area contributed by atoms with Crippen LogP contribution >= 0.6 is 0 Å². The maximum atomic E-state index is 12.8. The topological polar surface area (TPSA) is 83.8 Å². The molecule has 0 saturated heterocycles. The number of aryl methyl sites for hydroxylation is 1. The van der Waals surface area contributed by atoms with Crippen LogP contribution in [0.15, 0.2) is 54.4 Å². The van der Waals surface area contributed by atoms with Gasteiger partial charge < -0.3 is 16.0 Å². The second kappa shape index (κ2) is 7.14. The first-order valence-electron chi connectivity index (χ1n) is 8.95. The van der Waals surface area contributed by atoms with Crippen molar-refractivity contribution in [2.24, 2.45) is 5.73 Å². The number of nitrogens with one attached hydrogen (secondary N) is 2. The van der Waals surface area contributed by atoms with E-state index in [2.05, 4.69) is 27.4 Å². The molecule has 0 spiro atoms. The Kier molecular flexibility index (Phi) is 4.54. The highest BCUT2D eigenvalue weighted by Gasteiger charge is 2.19. The smallest absolute Gasteiger partial charge is 0.247 e. The van der Waals surface area contributed by atoms with Gasteiger partial charge in [-0.25, -0.2) is 4.98 Å². The standard InChI is InChI=1S/C21H22N4O/c22-12-18(10-14-4-2-1-3-5-14)25-21(26)16-7-6-15-8-9-23-20-19(15)17(11-16)13-24-20/h1-5,8-9,11,13,18H,6-7,10,12,22H2,(H,23,24)(H,25,26)/t18-/m0/s1. The van der Waals surface area contributed by atoms with E-state index in [1.165, 1.54) is 11.1 Å². The van der Waals surface area contributed by atoms with E-state index in [0.717, 1.165) is 35.0 Å². The maximum Gasteiger partial charge on any atom is 0.247 e. The van der Waals surface area contributed by atoms with Crippen LogP contribution in [0.25, 0.3) is 17.1 Å². The molecule has 26 heavy (non-hydrogen) atoms. The van der Waals surface area contributed by atoms with Crippen LogP contribution in [0, 0.1) is 0 Å². The molecule has 0 unspecified atom stereocenters. The molecular formula is C21H22N4O. The average molecular weight is 346 g/mol. The van der Waals surface area contributed by atoms with Gasteiger partial charge in [-0.2, -0.15) is 0 Å². The summed E-state index contributed by atoms with van der Waals surface area (Å²) in [7, 11) is 0. The van der Waals surface area contributed by atoms with Gasteiger partial charge in [-0.1, -0.05) is 30.3 Å². The third kappa shape index (κ3) is 3.26. The van der Waals surface area contributed by atoms with Crippen molar-refractivity contribution in [3.8, 4) is 0 Å². The summed E-state index contributed by atoms with van der Waals surface area (Å²) in [6.07, 6.45) is 7.98. The molecular weight excluding hydrogens is 324 g/mol. The van der Waals surface area contributed by atoms with Crippen molar-refractivity contribution in [1.82, 2.24) is 15.3 Å². The molecule has 4 rings (SSSR count). The lowest BCUT2D eigenvalue weighted by molar-refractivity contribution is -0.118. The summed E-state index contributed by atoms with van der Waals surface area (Å²) < 4.78 is 0. The van der Waals surface area contributed by atoms with Crippen LogP contribution < -0.4 is 11.1 Å². The maximum absolute atomic E-state index is 12.8. The van der Waals surface area contributed by atoms with Crippen molar-refractivity contribution in [1.29, 1.82) is 0 Å². The van der Waals surface area contributed by atoms with E-state index >= 15 is 0 Å². The number of hydrogen-bond acceptors (Lipinski definition) is 3. The summed E-state index contributed by atoms with van der Waals surface area (Å²) in [6.45, 7) is 0.409. The fraction of sp³-hybridized carbons (Fsp3) is 0.238. The van der Waals surface area contributed by atoms with E-state index in [1.807, 2.05) is 42.7 Å². The first-order valence-corrected chi connectivity index (χ1v) is 8.95. The third-order valence-electron chi connectivity index (χ3n) is 4.92. The predicted molar refractivity (Wildman–Crippen MR) is 104 cm³/mol. The molecule has 132 valence electrons. The number of H-pyrrole nitrogens is 1. The van der Waals surface area contributed by atoms with E-state index < -0.39 is 0 Å². The van der Waals surface area contributed by atoms with E-state index in [0.29, 0.717) is 13.0 Å². The summed E-state index contributed by atoms with van der Waals surface area (Å²) in [5.74, 6) is -0.0357. The Balaban J connectivity index is 1.53. The Morgan fingerprint density at radius 1 is 1.23 bits per heavy atom. The van der Waals surface area contributed by atoms with Gasteiger partial charge in [0.05, 0.1) is 0 Å². The molecule has 0 bridgehead atoms. The van der Waals surface area contributed by atoms with E-state index in [-0.39, 0.29) is 11.9 Å². The lowest BCUT2D eigenvalue weighted by Crippen LogP contribution is -2.42. The molecule has 0 fully saturated rings. The number of aromatic amines is 1. The van der Waals surface area contributed by atoms with Crippen molar-refractivity contribution in [3.63, 3.8) is 0 Å². The van der Waals surface area contributed by atoms with Gasteiger partial charge in [0.15, 0.2) is 0 Å². The number of pyridine rings is 1. The number of carbonyl (C=O) groups is 1. The number of nitrogens with zero attached hydrogens (tertiary/aromatic N) is 1. The normalized spacial score (nSPS) is 14.6. The fourth-order valence-corrected chi connectivity index (χ4v) is 3.55. The summed E-state index contributed by atoms with van der Waals surface area (Å²) >= 11 is 0. The zero-order valence-electron chi connectivity index (χ0n) is 14.5. The first-order chi connectivity index (χ1) is 12.7. The second-order valence-corrected chi connectivity index (χ2v) is 6.70. The highest BCUT2D eigenvalue weighted by atomic mass is 16.1. The average Bonchev–Trinajstić information content (AvgIpc) is 2.98. The van der Waals surface area contributed by atoms with Crippen molar-refractivity contribution in [3.05, 3.63) is 71.1 Å². The Bertz CT molecular complexity index is 959. The second-order valence-electron chi connectivity index (χ2n) is 6.70. The summed E-state index contributed by atoms with van der Waals surface area (Å²) in [6, 6.07) is 12.1. The molecule has 4 N–H and O–H groups in total. The summed E-state index contributed by atoms with van der Waals surface area (Å²) in [4.78, 5) is 20.4. The lowest BCUT2D eigenvalue weighted by Gasteiger charge is -2.18. The van der Waals surface area contributed by atoms with Crippen molar-refractivity contribution >= 4 is 23.0 Å². The molecule has 5 heteroatoms. The van der Waals surface area contributed by atoms with Crippen LogP contribution in [-0.4, -0.2) is 28.5 Å². The van der Waals surface area contributed by atoms with Crippen LogP contribution in [0.2, 0.25) is 0 Å². The number of rotatable bonds is 5. The number of benzene rings is 1. The number of hydrogen-bond donors (Lipinski definition) is 3. The largest absolute Gasteiger partial charge is 0.348 e. The fourth-order valence-electron chi connectivity index (χ4n) is 3.55. The Morgan fingerprint density at radius 2 is 2.08 bits per heavy atom. The summed E-state index contributed by atoms with van der Waals surface area (Å²) in [5, 5.41) is 4.23. The van der Waals surface area contributed by atoms with E-state index in [1.54, 1.807) is 0 Å². The highest BCUT2D eigenvalue weighted by molar-refractivity contribution is 6.02. The van der Waals surface area contributed by atoms with E-state index in [4.69, 9.17) is 5.73 Å². The first kappa shape index (κ1) is 16.5. The Labute approximate surface area is 152 Å². The molecule has 1 aromatic carbocycles. The number of amides is 1. The molecule has 1 amide bonds. The van der Waals surface area contributed by atoms with Gasteiger partial charge in [-0.3, -0.25) is 4.79 Å². The molecule has 0 aliphatic heterocycles. The molecule has 5 nitrogen and oxygen atoms in total. The van der Waals surface area contributed by atoms with Gasteiger partial charge in [-0.15, -0.1) is 0 Å². The van der Waals surface area contributed by atoms with Crippen LogP contribution in [0.5, 0.6) is 0 Å². The minimum absolute atomic E-state index is 0.0357. The SMILES string of the molecule is NC[C@H](Cc1ccccc1)NC(=O)C1=Cc2c[nH]c3nccc(c23)CC1. The van der Waals surface area contributed by atoms with Gasteiger partial charge in [0.2, 0.25) is 5.91 Å². The third-order valence-corrected chi connectivity index (χ3v) is 4.92. The monoisotopic (exact) mass is 346 g/mol. The molecule has 1 aliphatic rings. The zero-order valence-corrected chi connectivity index (χ0v) is 14.5. The number of carbonyl (C=O) groups excluding carboxylic acids is 1. The molecule has 1 atom stereocenters. The van der Waals surface area contributed by atoms with Crippen LogP contribution in [0.4, 0.5) is 0 Å². The Morgan fingerprint density at radius 3 is 2.88 bits per heavy atom. The molecule has 2 aromatic heterocycles. The van der Waals surface area contributed by atoms with Gasteiger partial charge in [0.1, 0.15) is 5.65 Å². The molecule has 2 heterocycles. The summed E-state index contributed by atoms with van der Waals surface area (Å²) in [5.41, 5.74) is 11.0. The van der Waals surface area contributed by atoms with Gasteiger partial charge in [0, 0.05) is 41.5 Å². The number of nitrogens with two attached hydrogens (primary N) is 1. The predicted octanol–water partition coefficient (Wildman–Crippen LogP) is 2.58. The minimum atomic E-state index is -0.0793. The van der Waals surface area contributed by atoms with Crippen LogP contribution in [0.3, 0.4) is 0 Å². The lowest BCUT2D eigenvalue weighted by atomic mass is 10.0. The van der Waals surface area contributed by atoms with Gasteiger partial charge in [0.25, 0.3) is 0 Å². The van der Waals surface area contributed by atoms with E-state index in [9.17, 15) is 4.79 Å². The zero-order chi connectivity index (χ0) is 17.9. The Hall–Kier alpha value is -2.92. The van der Waals surface area contributed by atoms with Crippen molar-refractivity contribution in [2.45, 2.75) is 25.3 Å². The van der Waals surface area contributed by atoms with Crippen LogP contribution in [0.1, 0.15) is 23.1 Å².